The first-order valence-corrected chi connectivity index (χ1v) is 3.85. The molecule has 0 aliphatic carbocycles. The topological polar surface area (TPSA) is 70.1 Å². The van der Waals surface area contributed by atoms with Crippen LogP contribution in [0.3, 0.4) is 0 Å². The van der Waals surface area contributed by atoms with Gasteiger partial charge >= 0.3 is 5.97 Å². The normalized spacial score (nSPS) is 9.83. The van der Waals surface area contributed by atoms with Crippen molar-refractivity contribution in [1.29, 1.82) is 0 Å². The van der Waals surface area contributed by atoms with E-state index >= 15 is 0 Å². The lowest BCUT2D eigenvalue weighted by Crippen LogP contribution is -2.10. The lowest BCUT2D eigenvalue weighted by molar-refractivity contribution is 0.0563. The SMILES string of the molecule is Cn1cc(N)nc1C(=O)OCS. The minimum atomic E-state index is -0.524. The Balaban J connectivity index is 2.87. The van der Waals surface area contributed by atoms with Crippen LogP contribution in [-0.2, 0) is 11.8 Å². The number of anilines is 1. The number of ether oxygens (including phenoxy) is 1. The van der Waals surface area contributed by atoms with Crippen molar-refractivity contribution in [2.75, 3.05) is 11.7 Å². The van der Waals surface area contributed by atoms with E-state index < -0.39 is 5.97 Å². The third kappa shape index (κ3) is 1.70. The van der Waals surface area contributed by atoms with Crippen LogP contribution >= 0.6 is 12.6 Å². The van der Waals surface area contributed by atoms with Gasteiger partial charge in [0, 0.05) is 13.2 Å². The number of carbonyl (C=O) groups excluding carboxylic acids is 1. The van der Waals surface area contributed by atoms with Gasteiger partial charge in [0.15, 0.2) is 0 Å². The Hall–Kier alpha value is -1.17. The largest absolute Gasteiger partial charge is 0.449 e. The van der Waals surface area contributed by atoms with E-state index in [4.69, 9.17) is 5.73 Å². The standard InChI is InChI=1S/C6H9N3O2S/c1-9-2-4(7)8-5(9)6(10)11-3-12/h2,12H,3,7H2,1H3. The lowest BCUT2D eigenvalue weighted by Gasteiger charge is -1.99. The lowest BCUT2D eigenvalue weighted by atomic mass is 10.6. The maximum atomic E-state index is 11.1. The minimum Gasteiger partial charge on any atom is -0.449 e. The molecule has 1 aromatic heterocycles. The van der Waals surface area contributed by atoms with Gasteiger partial charge in [0.2, 0.25) is 5.82 Å². The van der Waals surface area contributed by atoms with Crippen LogP contribution in [0.2, 0.25) is 0 Å². The predicted molar refractivity (Wildman–Crippen MR) is 46.9 cm³/mol. The molecule has 2 N–H and O–H groups in total. The van der Waals surface area contributed by atoms with Crippen LogP contribution in [0.4, 0.5) is 5.82 Å². The van der Waals surface area contributed by atoms with Crippen LogP contribution in [0.25, 0.3) is 0 Å². The summed E-state index contributed by atoms with van der Waals surface area (Å²) in [5, 5.41) is 0. The van der Waals surface area contributed by atoms with Crippen molar-refractivity contribution in [2.24, 2.45) is 7.05 Å². The van der Waals surface area contributed by atoms with Gasteiger partial charge in [-0.1, -0.05) is 0 Å². The molecule has 1 aromatic rings. The second-order valence-corrected chi connectivity index (χ2v) is 2.42. The third-order valence-corrected chi connectivity index (χ3v) is 1.40. The molecule has 0 bridgehead atoms. The van der Waals surface area contributed by atoms with Crippen LogP contribution in [0.5, 0.6) is 0 Å². The zero-order chi connectivity index (χ0) is 9.14. The van der Waals surface area contributed by atoms with E-state index in [9.17, 15) is 4.79 Å². The maximum Gasteiger partial charge on any atom is 0.375 e. The van der Waals surface area contributed by atoms with Gasteiger partial charge in [0.05, 0.1) is 0 Å². The first-order valence-electron chi connectivity index (χ1n) is 3.22. The zero-order valence-corrected chi connectivity index (χ0v) is 7.41. The van der Waals surface area contributed by atoms with Crippen molar-refractivity contribution >= 4 is 24.4 Å². The summed E-state index contributed by atoms with van der Waals surface area (Å²) in [5.41, 5.74) is 5.35. The van der Waals surface area contributed by atoms with Crippen molar-refractivity contribution in [3.63, 3.8) is 0 Å². The Morgan fingerprint density at radius 1 is 1.92 bits per heavy atom. The van der Waals surface area contributed by atoms with Gasteiger partial charge in [-0.2, -0.15) is 0 Å². The van der Waals surface area contributed by atoms with Crippen LogP contribution in [0.15, 0.2) is 6.20 Å². The molecule has 0 saturated heterocycles. The summed E-state index contributed by atoms with van der Waals surface area (Å²) in [6.45, 7) is 0. The molecule has 6 heteroatoms. The van der Waals surface area contributed by atoms with Crippen LogP contribution in [-0.4, -0.2) is 21.5 Å². The Kier molecular flexibility index (Phi) is 2.59. The fourth-order valence-corrected chi connectivity index (χ4v) is 0.920. The molecular weight excluding hydrogens is 178 g/mol. The summed E-state index contributed by atoms with van der Waals surface area (Å²) in [5.74, 6) is -0.0136. The third-order valence-electron chi connectivity index (χ3n) is 1.27. The van der Waals surface area contributed by atoms with Crippen molar-refractivity contribution in [2.45, 2.75) is 0 Å². The fourth-order valence-electron chi connectivity index (χ4n) is 0.802. The average molecular weight is 187 g/mol. The first-order chi connectivity index (χ1) is 5.65. The van der Waals surface area contributed by atoms with Gasteiger partial charge in [-0.25, -0.2) is 9.78 Å². The van der Waals surface area contributed by atoms with E-state index in [2.05, 4.69) is 22.3 Å². The molecule has 1 rings (SSSR count). The van der Waals surface area contributed by atoms with E-state index in [1.54, 1.807) is 7.05 Å². The number of nitrogen functional groups attached to an aromatic ring is 1. The summed E-state index contributed by atoms with van der Waals surface area (Å²) in [7, 11) is 1.67. The van der Waals surface area contributed by atoms with Crippen molar-refractivity contribution in [3.8, 4) is 0 Å². The van der Waals surface area contributed by atoms with E-state index in [-0.39, 0.29) is 11.8 Å². The molecule has 0 aliphatic rings. The number of aromatic nitrogens is 2. The second-order valence-electron chi connectivity index (χ2n) is 2.16. The number of imidazole rings is 1. The Morgan fingerprint density at radius 2 is 2.58 bits per heavy atom. The zero-order valence-electron chi connectivity index (χ0n) is 6.52. The summed E-state index contributed by atoms with van der Waals surface area (Å²) in [6.07, 6.45) is 1.54. The molecule has 0 fully saturated rings. The van der Waals surface area contributed by atoms with E-state index in [1.807, 2.05) is 0 Å². The number of hydrogen-bond acceptors (Lipinski definition) is 5. The van der Waals surface area contributed by atoms with Gasteiger partial charge in [-0.05, 0) is 0 Å². The highest BCUT2D eigenvalue weighted by molar-refractivity contribution is 7.80. The number of aryl methyl sites for hydroxylation is 1. The summed E-state index contributed by atoms with van der Waals surface area (Å²) in [6, 6.07) is 0. The van der Waals surface area contributed by atoms with E-state index in [0.29, 0.717) is 5.82 Å². The van der Waals surface area contributed by atoms with Gasteiger partial charge in [0.25, 0.3) is 0 Å². The Bertz CT molecular complexity index is 297. The molecule has 0 radical (unpaired) electrons. The molecule has 0 atom stereocenters. The van der Waals surface area contributed by atoms with Crippen molar-refractivity contribution in [1.82, 2.24) is 9.55 Å². The smallest absolute Gasteiger partial charge is 0.375 e. The van der Waals surface area contributed by atoms with Gasteiger partial charge in [-0.3, -0.25) is 0 Å². The molecule has 0 saturated carbocycles. The molecule has 1 heterocycles. The highest BCUT2D eigenvalue weighted by Crippen LogP contribution is 2.04. The highest BCUT2D eigenvalue weighted by Gasteiger charge is 2.13. The Labute approximate surface area is 74.9 Å². The Morgan fingerprint density at radius 3 is 3.00 bits per heavy atom. The molecular formula is C6H9N3O2S. The van der Waals surface area contributed by atoms with Gasteiger partial charge in [-0.15, -0.1) is 12.6 Å². The van der Waals surface area contributed by atoms with Crippen LogP contribution in [0, 0.1) is 0 Å². The molecule has 66 valence electrons. The van der Waals surface area contributed by atoms with Crippen molar-refractivity contribution < 1.29 is 9.53 Å². The number of hydrogen-bond donors (Lipinski definition) is 2. The predicted octanol–water partition coefficient (Wildman–Crippen LogP) is 0.0464. The maximum absolute atomic E-state index is 11.1. The average Bonchev–Trinajstić information content (AvgIpc) is 2.30. The number of thiol groups is 1. The quantitative estimate of drug-likeness (QED) is 0.390. The molecule has 0 amide bonds. The van der Waals surface area contributed by atoms with E-state index in [1.165, 1.54) is 10.8 Å². The fraction of sp³-hybridized carbons (Fsp3) is 0.333. The molecule has 0 spiro atoms. The number of rotatable bonds is 2. The first kappa shape index (κ1) is 8.92. The van der Waals surface area contributed by atoms with Gasteiger partial charge < -0.3 is 15.0 Å². The number of nitrogens with zero attached hydrogens (tertiary/aromatic N) is 2. The molecule has 0 aliphatic heterocycles. The summed E-state index contributed by atoms with van der Waals surface area (Å²) >= 11 is 3.74. The van der Waals surface area contributed by atoms with Crippen LogP contribution < -0.4 is 5.73 Å². The second kappa shape index (κ2) is 3.48. The van der Waals surface area contributed by atoms with E-state index in [0.717, 1.165) is 0 Å². The number of nitrogens with two attached hydrogens (primary N) is 1. The highest BCUT2D eigenvalue weighted by atomic mass is 32.1. The summed E-state index contributed by atoms with van der Waals surface area (Å²) < 4.78 is 6.11. The minimum absolute atomic E-state index is 0.0333. The molecule has 0 aromatic carbocycles. The molecule has 5 nitrogen and oxygen atoms in total. The van der Waals surface area contributed by atoms with Crippen LogP contribution in [0.1, 0.15) is 10.6 Å². The number of carbonyl (C=O) groups is 1. The van der Waals surface area contributed by atoms with Gasteiger partial charge in [0.1, 0.15) is 11.8 Å². The molecule has 12 heavy (non-hydrogen) atoms. The monoisotopic (exact) mass is 187 g/mol. The van der Waals surface area contributed by atoms with Crippen molar-refractivity contribution in [3.05, 3.63) is 12.0 Å². The molecule has 0 unspecified atom stereocenters. The number of esters is 1. The summed E-state index contributed by atoms with van der Waals surface area (Å²) in [4.78, 5) is 14.8.